The van der Waals surface area contributed by atoms with Crippen LogP contribution in [0.3, 0.4) is 0 Å². The quantitative estimate of drug-likeness (QED) is 0.186. The van der Waals surface area contributed by atoms with E-state index < -0.39 is 0 Å². The average Bonchev–Trinajstić information content (AvgIpc) is 2.99. The first-order valence-electron chi connectivity index (χ1n) is 11.3. The number of allylic oxidation sites excluding steroid dienone is 1. The fraction of sp³-hybridized carbons (Fsp3) is 0.792. The van der Waals surface area contributed by atoms with Gasteiger partial charge in [-0.25, -0.2) is 4.79 Å². The van der Waals surface area contributed by atoms with Gasteiger partial charge in [-0.2, -0.15) is 0 Å². The highest BCUT2D eigenvalue weighted by Gasteiger charge is 2.27. The zero-order chi connectivity index (χ0) is 19.7. The topological polar surface area (TPSA) is 35.5 Å². The Labute approximate surface area is 167 Å². The number of unbranched alkanes of at least 4 members (excludes halogenated alkanes) is 14. The predicted octanol–water partition coefficient (Wildman–Crippen LogP) is 7.26. The summed E-state index contributed by atoms with van der Waals surface area (Å²) in [4.78, 5) is 11.7. The molecule has 0 N–H and O–H groups in total. The molecule has 27 heavy (non-hydrogen) atoms. The molecule has 0 saturated carbocycles. The predicted molar refractivity (Wildman–Crippen MR) is 114 cm³/mol. The molecule has 0 fully saturated rings. The van der Waals surface area contributed by atoms with Gasteiger partial charge in [-0.3, -0.25) is 0 Å². The summed E-state index contributed by atoms with van der Waals surface area (Å²) in [6.45, 7) is 5.95. The van der Waals surface area contributed by atoms with Crippen LogP contribution in [-0.2, 0) is 14.3 Å². The van der Waals surface area contributed by atoms with Crippen LogP contribution in [0, 0.1) is 0 Å². The van der Waals surface area contributed by atoms with Crippen LogP contribution in [0.2, 0.25) is 0 Å². The van der Waals surface area contributed by atoms with E-state index in [9.17, 15) is 4.79 Å². The van der Waals surface area contributed by atoms with Crippen molar-refractivity contribution < 1.29 is 14.3 Å². The van der Waals surface area contributed by atoms with E-state index in [1.165, 1.54) is 89.9 Å². The standard InChI is InChI=1S/C24H42O3/c1-4-5-6-7-8-9-10-11-12-13-14-15-16-17-18-19-23(26-3)22-20-21(2)27-24(22)25/h20,23H,2,4-19H2,1,3H3. The molecule has 0 aromatic carbocycles. The van der Waals surface area contributed by atoms with Gasteiger partial charge in [0, 0.05) is 7.11 Å². The molecule has 156 valence electrons. The van der Waals surface area contributed by atoms with Gasteiger partial charge in [0.2, 0.25) is 0 Å². The summed E-state index contributed by atoms with van der Waals surface area (Å²) in [5.74, 6) is 0.126. The van der Waals surface area contributed by atoms with Crippen molar-refractivity contribution in [2.75, 3.05) is 7.11 Å². The largest absolute Gasteiger partial charge is 0.424 e. The Morgan fingerprint density at radius 3 is 1.67 bits per heavy atom. The SMILES string of the molecule is C=C1C=C(C(CCCCCCCCCCCCCCCCC)OC)C(=O)O1. The summed E-state index contributed by atoms with van der Waals surface area (Å²) in [6.07, 6.45) is 22.8. The Balaban J connectivity index is 1.88. The number of carbonyl (C=O) groups excluding carboxylic acids is 1. The van der Waals surface area contributed by atoms with Gasteiger partial charge in [0.15, 0.2) is 0 Å². The zero-order valence-corrected chi connectivity index (χ0v) is 17.9. The molecule has 0 aliphatic carbocycles. The number of carbonyl (C=O) groups is 1. The molecule has 1 rings (SSSR count). The molecule has 1 aliphatic heterocycles. The molecular formula is C24H42O3. The van der Waals surface area contributed by atoms with E-state index in [4.69, 9.17) is 9.47 Å². The van der Waals surface area contributed by atoms with Crippen molar-refractivity contribution in [2.45, 2.75) is 116 Å². The van der Waals surface area contributed by atoms with Gasteiger partial charge in [-0.15, -0.1) is 0 Å². The van der Waals surface area contributed by atoms with Gasteiger partial charge >= 0.3 is 5.97 Å². The van der Waals surface area contributed by atoms with E-state index in [0.717, 1.165) is 12.8 Å². The first-order chi connectivity index (χ1) is 13.2. The average molecular weight is 379 g/mol. The van der Waals surface area contributed by atoms with E-state index in [1.807, 2.05) is 0 Å². The van der Waals surface area contributed by atoms with Crippen LogP contribution in [0.1, 0.15) is 110 Å². The number of hydrogen-bond donors (Lipinski definition) is 0. The van der Waals surface area contributed by atoms with Gasteiger partial charge in [0.05, 0.1) is 11.7 Å². The monoisotopic (exact) mass is 378 g/mol. The Hall–Kier alpha value is -1.09. The Morgan fingerprint density at radius 2 is 1.30 bits per heavy atom. The van der Waals surface area contributed by atoms with Gasteiger partial charge in [0.25, 0.3) is 0 Å². The first kappa shape index (κ1) is 23.9. The van der Waals surface area contributed by atoms with Crippen LogP contribution in [0.25, 0.3) is 0 Å². The van der Waals surface area contributed by atoms with Crippen LogP contribution in [0.4, 0.5) is 0 Å². The lowest BCUT2D eigenvalue weighted by Gasteiger charge is -2.14. The lowest BCUT2D eigenvalue weighted by atomic mass is 10.0. The smallest absolute Gasteiger partial charge is 0.342 e. The molecule has 0 saturated heterocycles. The van der Waals surface area contributed by atoms with Crippen molar-refractivity contribution >= 4 is 5.97 Å². The molecule has 1 atom stereocenters. The van der Waals surface area contributed by atoms with Crippen molar-refractivity contribution in [1.29, 1.82) is 0 Å². The van der Waals surface area contributed by atoms with Crippen LogP contribution in [0.15, 0.2) is 24.0 Å². The molecule has 1 aliphatic rings. The minimum absolute atomic E-state index is 0.154. The molecule has 0 spiro atoms. The molecule has 0 aromatic rings. The van der Waals surface area contributed by atoms with Gasteiger partial charge in [0.1, 0.15) is 5.76 Å². The molecule has 0 amide bonds. The minimum atomic E-state index is -0.298. The summed E-state index contributed by atoms with van der Waals surface area (Å²) >= 11 is 0. The third-order valence-electron chi connectivity index (χ3n) is 5.48. The lowest BCUT2D eigenvalue weighted by molar-refractivity contribution is -0.134. The number of hydrogen-bond acceptors (Lipinski definition) is 3. The third kappa shape index (κ3) is 11.4. The van der Waals surface area contributed by atoms with Crippen molar-refractivity contribution in [3.63, 3.8) is 0 Å². The van der Waals surface area contributed by atoms with Crippen molar-refractivity contribution in [2.24, 2.45) is 0 Å². The number of ether oxygens (including phenoxy) is 2. The van der Waals surface area contributed by atoms with Crippen molar-refractivity contribution in [1.82, 2.24) is 0 Å². The van der Waals surface area contributed by atoms with Crippen LogP contribution in [0.5, 0.6) is 0 Å². The lowest BCUT2D eigenvalue weighted by Crippen LogP contribution is -2.18. The van der Waals surface area contributed by atoms with E-state index in [1.54, 1.807) is 13.2 Å². The normalized spacial score (nSPS) is 15.1. The second-order valence-electron chi connectivity index (χ2n) is 7.92. The maximum atomic E-state index is 11.7. The molecule has 3 heteroatoms. The fourth-order valence-electron chi connectivity index (χ4n) is 3.77. The molecule has 3 nitrogen and oxygen atoms in total. The molecular weight excluding hydrogens is 336 g/mol. The Bertz CT molecular complexity index is 439. The molecule has 1 heterocycles. The fourth-order valence-corrected chi connectivity index (χ4v) is 3.77. The van der Waals surface area contributed by atoms with Crippen LogP contribution >= 0.6 is 0 Å². The molecule has 0 radical (unpaired) electrons. The Morgan fingerprint density at radius 1 is 0.852 bits per heavy atom. The highest BCUT2D eigenvalue weighted by atomic mass is 16.5. The molecule has 0 bridgehead atoms. The molecule has 1 unspecified atom stereocenters. The van der Waals surface area contributed by atoms with Crippen LogP contribution in [-0.4, -0.2) is 19.2 Å². The number of rotatable bonds is 18. The van der Waals surface area contributed by atoms with Gasteiger partial charge in [-0.05, 0) is 12.5 Å². The van der Waals surface area contributed by atoms with Gasteiger partial charge in [-0.1, -0.05) is 110 Å². The summed E-state index contributed by atoms with van der Waals surface area (Å²) in [6, 6.07) is 0. The Kier molecular flexibility index (Phi) is 14.1. The van der Waals surface area contributed by atoms with E-state index in [0.29, 0.717) is 11.3 Å². The number of esters is 1. The summed E-state index contributed by atoms with van der Waals surface area (Å²) in [5.41, 5.74) is 0.618. The summed E-state index contributed by atoms with van der Waals surface area (Å²) in [5, 5.41) is 0. The third-order valence-corrected chi connectivity index (χ3v) is 5.48. The van der Waals surface area contributed by atoms with E-state index in [-0.39, 0.29) is 12.1 Å². The van der Waals surface area contributed by atoms with Gasteiger partial charge < -0.3 is 9.47 Å². The van der Waals surface area contributed by atoms with Crippen molar-refractivity contribution in [3.8, 4) is 0 Å². The number of methoxy groups -OCH3 is 1. The second-order valence-corrected chi connectivity index (χ2v) is 7.92. The van der Waals surface area contributed by atoms with E-state index >= 15 is 0 Å². The van der Waals surface area contributed by atoms with Crippen molar-refractivity contribution in [3.05, 3.63) is 24.0 Å². The first-order valence-corrected chi connectivity index (χ1v) is 11.3. The van der Waals surface area contributed by atoms with Crippen LogP contribution < -0.4 is 0 Å². The highest BCUT2D eigenvalue weighted by molar-refractivity contribution is 5.93. The number of cyclic esters (lactones) is 1. The molecule has 0 aromatic heterocycles. The minimum Gasteiger partial charge on any atom is -0.424 e. The highest BCUT2D eigenvalue weighted by Crippen LogP contribution is 2.24. The maximum absolute atomic E-state index is 11.7. The maximum Gasteiger partial charge on any atom is 0.342 e. The van der Waals surface area contributed by atoms with E-state index in [2.05, 4.69) is 13.5 Å². The zero-order valence-electron chi connectivity index (χ0n) is 17.9. The second kappa shape index (κ2) is 15.9. The summed E-state index contributed by atoms with van der Waals surface area (Å²) < 4.78 is 10.4. The summed E-state index contributed by atoms with van der Waals surface area (Å²) in [7, 11) is 1.66.